The summed E-state index contributed by atoms with van der Waals surface area (Å²) < 4.78 is 0. The van der Waals surface area contributed by atoms with Gasteiger partial charge in [-0.15, -0.1) is 12.4 Å². The van der Waals surface area contributed by atoms with Crippen molar-refractivity contribution in [1.82, 2.24) is 9.91 Å². The topological polar surface area (TPSA) is 18.8 Å². The molecule has 6 heteroatoms. The number of hydrogen-bond acceptors (Lipinski definition) is 3. The SMILES string of the molecule is C/C(=N\N1CCN(Cc2ccccc2Cl)CC1)c1ccc(Cl)cc1.Cl. The molecule has 0 radical (unpaired) electrons. The highest BCUT2D eigenvalue weighted by molar-refractivity contribution is 6.31. The first kappa shape index (κ1) is 20.1. The summed E-state index contributed by atoms with van der Waals surface area (Å²) in [5.74, 6) is 0. The van der Waals surface area contributed by atoms with E-state index >= 15 is 0 Å². The van der Waals surface area contributed by atoms with E-state index in [1.807, 2.05) is 49.4 Å². The third kappa shape index (κ3) is 5.61. The Bertz CT molecular complexity index is 708. The van der Waals surface area contributed by atoms with Crippen molar-refractivity contribution in [3.63, 3.8) is 0 Å². The number of rotatable bonds is 4. The lowest BCUT2D eigenvalue weighted by molar-refractivity contribution is 0.130. The van der Waals surface area contributed by atoms with Gasteiger partial charge >= 0.3 is 0 Å². The van der Waals surface area contributed by atoms with Crippen LogP contribution in [0.3, 0.4) is 0 Å². The van der Waals surface area contributed by atoms with E-state index in [4.69, 9.17) is 28.3 Å². The second-order valence-electron chi connectivity index (χ2n) is 6.01. The van der Waals surface area contributed by atoms with Crippen LogP contribution >= 0.6 is 35.6 Å². The molecule has 0 atom stereocenters. The van der Waals surface area contributed by atoms with Gasteiger partial charge in [-0.05, 0) is 36.2 Å². The Hall–Kier alpha value is -1.26. The number of hydrogen-bond donors (Lipinski definition) is 0. The van der Waals surface area contributed by atoms with E-state index in [-0.39, 0.29) is 12.4 Å². The fraction of sp³-hybridized carbons (Fsp3) is 0.316. The molecule has 2 aromatic rings. The molecule has 0 spiro atoms. The summed E-state index contributed by atoms with van der Waals surface area (Å²) in [5, 5.41) is 8.49. The predicted octanol–water partition coefficient (Wildman–Crippen LogP) is 4.96. The lowest BCUT2D eigenvalue weighted by Crippen LogP contribution is -2.43. The minimum Gasteiger partial charge on any atom is -0.295 e. The highest BCUT2D eigenvalue weighted by Crippen LogP contribution is 2.18. The molecule has 1 aliphatic rings. The van der Waals surface area contributed by atoms with Gasteiger partial charge in [0.15, 0.2) is 0 Å². The first-order valence-electron chi connectivity index (χ1n) is 8.13. The van der Waals surface area contributed by atoms with Gasteiger partial charge in [-0.2, -0.15) is 5.10 Å². The lowest BCUT2D eigenvalue weighted by atomic mass is 10.1. The Morgan fingerprint density at radius 3 is 2.24 bits per heavy atom. The van der Waals surface area contributed by atoms with Crippen LogP contribution in [0.15, 0.2) is 53.6 Å². The minimum absolute atomic E-state index is 0. The summed E-state index contributed by atoms with van der Waals surface area (Å²) in [6.45, 7) is 6.77. The maximum Gasteiger partial charge on any atom is 0.0646 e. The Balaban J connectivity index is 0.00000225. The molecule has 0 saturated carbocycles. The zero-order valence-electron chi connectivity index (χ0n) is 14.2. The fourth-order valence-corrected chi connectivity index (χ4v) is 3.15. The minimum atomic E-state index is 0. The van der Waals surface area contributed by atoms with Crippen LogP contribution in [-0.2, 0) is 6.54 Å². The molecular formula is C19H22Cl3N3. The molecule has 1 aliphatic heterocycles. The number of piperazine rings is 1. The second-order valence-corrected chi connectivity index (χ2v) is 6.86. The average molecular weight is 399 g/mol. The van der Waals surface area contributed by atoms with E-state index in [1.54, 1.807) is 0 Å². The summed E-state index contributed by atoms with van der Waals surface area (Å²) in [6.07, 6.45) is 0. The van der Waals surface area contributed by atoms with Crippen LogP contribution < -0.4 is 0 Å². The maximum absolute atomic E-state index is 6.25. The highest BCUT2D eigenvalue weighted by Gasteiger charge is 2.16. The molecule has 0 N–H and O–H groups in total. The molecule has 25 heavy (non-hydrogen) atoms. The summed E-state index contributed by atoms with van der Waals surface area (Å²) in [6, 6.07) is 15.9. The molecule has 1 saturated heterocycles. The Labute approximate surface area is 165 Å². The molecule has 0 aliphatic carbocycles. The second kappa shape index (κ2) is 9.44. The molecule has 3 nitrogen and oxygen atoms in total. The summed E-state index contributed by atoms with van der Waals surface area (Å²) in [5.41, 5.74) is 3.32. The van der Waals surface area contributed by atoms with Gasteiger partial charge in [0, 0.05) is 42.8 Å². The van der Waals surface area contributed by atoms with Crippen molar-refractivity contribution in [2.75, 3.05) is 26.2 Å². The van der Waals surface area contributed by atoms with E-state index in [2.05, 4.69) is 16.0 Å². The van der Waals surface area contributed by atoms with Gasteiger partial charge in [-0.3, -0.25) is 9.91 Å². The molecule has 0 aromatic heterocycles. The van der Waals surface area contributed by atoms with Crippen molar-refractivity contribution in [2.24, 2.45) is 5.10 Å². The van der Waals surface area contributed by atoms with Gasteiger partial charge in [0.2, 0.25) is 0 Å². The van der Waals surface area contributed by atoms with Gasteiger partial charge in [0.25, 0.3) is 0 Å². The predicted molar refractivity (Wildman–Crippen MR) is 109 cm³/mol. The molecule has 3 rings (SSSR count). The average Bonchev–Trinajstić information content (AvgIpc) is 2.59. The van der Waals surface area contributed by atoms with Crippen molar-refractivity contribution in [2.45, 2.75) is 13.5 Å². The summed E-state index contributed by atoms with van der Waals surface area (Å²) in [7, 11) is 0. The van der Waals surface area contributed by atoms with Crippen molar-refractivity contribution < 1.29 is 0 Å². The number of hydrazone groups is 1. The van der Waals surface area contributed by atoms with Crippen LogP contribution in [0.1, 0.15) is 18.1 Å². The molecule has 0 amide bonds. The van der Waals surface area contributed by atoms with Crippen LogP contribution in [0.2, 0.25) is 10.0 Å². The Morgan fingerprint density at radius 1 is 0.960 bits per heavy atom. The van der Waals surface area contributed by atoms with Crippen LogP contribution in [-0.4, -0.2) is 41.8 Å². The van der Waals surface area contributed by atoms with Gasteiger partial charge in [-0.1, -0.05) is 53.5 Å². The number of nitrogens with zero attached hydrogens (tertiary/aromatic N) is 3. The van der Waals surface area contributed by atoms with Crippen LogP contribution in [0, 0.1) is 0 Å². The zero-order chi connectivity index (χ0) is 16.9. The van der Waals surface area contributed by atoms with Crippen molar-refractivity contribution >= 4 is 41.3 Å². The maximum atomic E-state index is 6.25. The van der Waals surface area contributed by atoms with Crippen LogP contribution in [0.25, 0.3) is 0 Å². The third-order valence-electron chi connectivity index (χ3n) is 4.25. The van der Waals surface area contributed by atoms with Crippen molar-refractivity contribution in [3.05, 3.63) is 69.7 Å². The first-order valence-corrected chi connectivity index (χ1v) is 8.89. The van der Waals surface area contributed by atoms with E-state index in [0.717, 1.165) is 54.0 Å². The Morgan fingerprint density at radius 2 is 1.60 bits per heavy atom. The quantitative estimate of drug-likeness (QED) is 0.678. The monoisotopic (exact) mass is 397 g/mol. The highest BCUT2D eigenvalue weighted by atomic mass is 35.5. The van der Waals surface area contributed by atoms with E-state index in [1.165, 1.54) is 5.56 Å². The largest absolute Gasteiger partial charge is 0.295 e. The van der Waals surface area contributed by atoms with Gasteiger partial charge < -0.3 is 0 Å². The lowest BCUT2D eigenvalue weighted by Gasteiger charge is -2.33. The van der Waals surface area contributed by atoms with Crippen molar-refractivity contribution in [1.29, 1.82) is 0 Å². The van der Waals surface area contributed by atoms with E-state index < -0.39 is 0 Å². The molecule has 0 bridgehead atoms. The molecule has 1 heterocycles. The zero-order valence-corrected chi connectivity index (χ0v) is 16.5. The molecule has 134 valence electrons. The van der Waals surface area contributed by atoms with Gasteiger partial charge in [0.05, 0.1) is 5.71 Å². The smallest absolute Gasteiger partial charge is 0.0646 e. The van der Waals surface area contributed by atoms with E-state index in [0.29, 0.717) is 0 Å². The molecular weight excluding hydrogens is 377 g/mol. The van der Waals surface area contributed by atoms with Gasteiger partial charge in [0.1, 0.15) is 0 Å². The number of benzene rings is 2. The van der Waals surface area contributed by atoms with E-state index in [9.17, 15) is 0 Å². The summed E-state index contributed by atoms with van der Waals surface area (Å²) >= 11 is 12.2. The Kier molecular flexibility index (Phi) is 7.57. The molecule has 0 unspecified atom stereocenters. The third-order valence-corrected chi connectivity index (χ3v) is 4.87. The molecule has 2 aromatic carbocycles. The van der Waals surface area contributed by atoms with Gasteiger partial charge in [-0.25, -0.2) is 0 Å². The molecule has 1 fully saturated rings. The van der Waals surface area contributed by atoms with Crippen molar-refractivity contribution in [3.8, 4) is 0 Å². The summed E-state index contributed by atoms with van der Waals surface area (Å²) in [4.78, 5) is 2.42. The number of halogens is 3. The normalized spacial score (nSPS) is 15.8. The fourth-order valence-electron chi connectivity index (χ4n) is 2.82. The van der Waals surface area contributed by atoms with Crippen LogP contribution in [0.5, 0.6) is 0 Å². The standard InChI is InChI=1S/C19H21Cl2N3.ClH/c1-15(16-6-8-18(20)9-7-16)22-24-12-10-23(11-13-24)14-17-4-2-3-5-19(17)21;/h2-9H,10-14H2,1H3;1H/b22-15+;. The first-order chi connectivity index (χ1) is 11.6. The van der Waals surface area contributed by atoms with Crippen LogP contribution in [0.4, 0.5) is 0 Å².